The zero-order chi connectivity index (χ0) is 20.8. The van der Waals surface area contributed by atoms with Gasteiger partial charge in [-0.2, -0.15) is 13.2 Å². The van der Waals surface area contributed by atoms with E-state index in [2.05, 4.69) is 10.3 Å². The number of anilines is 1. The van der Waals surface area contributed by atoms with Crippen molar-refractivity contribution in [1.29, 1.82) is 0 Å². The van der Waals surface area contributed by atoms with Gasteiger partial charge < -0.3 is 19.9 Å². The Labute approximate surface area is 164 Å². The first-order chi connectivity index (χ1) is 13.8. The van der Waals surface area contributed by atoms with E-state index >= 15 is 0 Å². The fourth-order valence-corrected chi connectivity index (χ4v) is 4.15. The molecule has 1 aromatic carbocycles. The minimum atomic E-state index is -4.44. The number of nitrogens with zero attached hydrogens (tertiary/aromatic N) is 1. The van der Waals surface area contributed by atoms with Gasteiger partial charge in [0.15, 0.2) is 0 Å². The van der Waals surface area contributed by atoms with Crippen LogP contribution in [0.15, 0.2) is 42.6 Å². The number of rotatable bonds is 4. The molecule has 9 heteroatoms. The average Bonchev–Trinajstić information content (AvgIpc) is 3.24. The predicted octanol–water partition coefficient (Wildman–Crippen LogP) is 2.98. The molecule has 29 heavy (non-hydrogen) atoms. The van der Waals surface area contributed by atoms with Crippen molar-refractivity contribution in [3.8, 4) is 5.88 Å². The lowest BCUT2D eigenvalue weighted by Crippen LogP contribution is -2.41. The Kier molecular flexibility index (Phi) is 4.95. The summed E-state index contributed by atoms with van der Waals surface area (Å²) in [4.78, 5) is 17.0. The van der Waals surface area contributed by atoms with E-state index in [0.717, 1.165) is 17.7 Å². The summed E-state index contributed by atoms with van der Waals surface area (Å²) in [5.74, 6) is -1.01. The first-order valence-electron chi connectivity index (χ1n) is 9.09. The fraction of sp³-hybridized carbons (Fsp3) is 0.400. The van der Waals surface area contributed by atoms with Gasteiger partial charge in [0.2, 0.25) is 11.8 Å². The molecule has 4 rings (SSSR count). The van der Waals surface area contributed by atoms with E-state index in [4.69, 9.17) is 9.47 Å². The van der Waals surface area contributed by atoms with Crippen molar-refractivity contribution in [3.05, 3.63) is 53.7 Å². The zero-order valence-electron chi connectivity index (χ0n) is 15.4. The van der Waals surface area contributed by atoms with E-state index in [0.29, 0.717) is 12.3 Å². The molecule has 6 nitrogen and oxygen atoms in total. The number of aliphatic hydroxyl groups is 1. The zero-order valence-corrected chi connectivity index (χ0v) is 15.4. The second-order valence-corrected chi connectivity index (χ2v) is 7.19. The Morgan fingerprint density at radius 3 is 2.66 bits per heavy atom. The number of amides is 1. The highest BCUT2D eigenvalue weighted by Crippen LogP contribution is 2.49. The molecule has 2 bridgehead atoms. The van der Waals surface area contributed by atoms with Crippen LogP contribution in [-0.4, -0.2) is 41.4 Å². The Bertz CT molecular complexity index is 903. The van der Waals surface area contributed by atoms with Crippen LogP contribution in [-0.2, 0) is 15.7 Å². The van der Waals surface area contributed by atoms with Crippen molar-refractivity contribution >= 4 is 11.6 Å². The number of aromatic nitrogens is 1. The van der Waals surface area contributed by atoms with E-state index in [1.165, 1.54) is 19.2 Å². The molecule has 154 valence electrons. The van der Waals surface area contributed by atoms with Crippen LogP contribution in [0.25, 0.3) is 0 Å². The molecule has 2 aromatic rings. The highest BCUT2D eigenvalue weighted by atomic mass is 19.4. The molecule has 2 N–H and O–H groups in total. The summed E-state index contributed by atoms with van der Waals surface area (Å²) in [6, 6.07) is 7.70. The number of carbonyl (C=O) groups excluding carboxylic acids is 1. The normalized spacial score (nSPS) is 28.4. The molecule has 0 aliphatic carbocycles. The van der Waals surface area contributed by atoms with E-state index in [1.807, 2.05) is 0 Å². The Morgan fingerprint density at radius 2 is 2.00 bits per heavy atom. The lowest BCUT2D eigenvalue weighted by molar-refractivity contribution is -0.137. The third kappa shape index (κ3) is 3.67. The van der Waals surface area contributed by atoms with Crippen LogP contribution in [0, 0.1) is 5.92 Å². The van der Waals surface area contributed by atoms with Crippen molar-refractivity contribution < 1.29 is 32.5 Å². The fourth-order valence-electron chi connectivity index (χ4n) is 4.15. The molecule has 0 spiro atoms. The van der Waals surface area contributed by atoms with Crippen LogP contribution in [0.1, 0.15) is 23.5 Å². The van der Waals surface area contributed by atoms with Crippen molar-refractivity contribution in [2.75, 3.05) is 12.4 Å². The highest BCUT2D eigenvalue weighted by molar-refractivity contribution is 5.94. The van der Waals surface area contributed by atoms with Crippen LogP contribution >= 0.6 is 0 Å². The SMILES string of the molecule is COc1cc(C2C3OC(CC3O)C2C(=O)Nc2ccc(C(F)(F)F)cc2)ccn1. The number of ether oxygens (including phenoxy) is 2. The van der Waals surface area contributed by atoms with Gasteiger partial charge >= 0.3 is 6.18 Å². The molecule has 2 aliphatic rings. The van der Waals surface area contributed by atoms with Crippen LogP contribution in [0.5, 0.6) is 5.88 Å². The predicted molar refractivity (Wildman–Crippen MR) is 96.4 cm³/mol. The topological polar surface area (TPSA) is 80.7 Å². The molecule has 2 fully saturated rings. The summed E-state index contributed by atoms with van der Waals surface area (Å²) in [5.41, 5.74) is 0.219. The quantitative estimate of drug-likeness (QED) is 0.813. The molecule has 0 saturated carbocycles. The average molecular weight is 408 g/mol. The number of carbonyl (C=O) groups is 1. The summed E-state index contributed by atoms with van der Waals surface area (Å²) in [5, 5.41) is 12.9. The lowest BCUT2D eigenvalue weighted by atomic mass is 9.74. The summed E-state index contributed by atoms with van der Waals surface area (Å²) in [7, 11) is 1.48. The number of nitrogens with one attached hydrogen (secondary N) is 1. The number of hydrogen-bond donors (Lipinski definition) is 2. The van der Waals surface area contributed by atoms with Gasteiger partial charge in [0.05, 0.1) is 36.9 Å². The van der Waals surface area contributed by atoms with E-state index in [1.54, 1.807) is 18.3 Å². The molecular weight excluding hydrogens is 389 g/mol. The Balaban J connectivity index is 1.57. The Hall–Kier alpha value is -2.65. The molecule has 3 heterocycles. The van der Waals surface area contributed by atoms with E-state index in [9.17, 15) is 23.1 Å². The molecular formula is C20H19F3N2O4. The summed E-state index contributed by atoms with van der Waals surface area (Å²) in [6.07, 6.45) is -4.28. The van der Waals surface area contributed by atoms with Crippen molar-refractivity contribution in [2.45, 2.75) is 36.8 Å². The number of aliphatic hydroxyl groups excluding tert-OH is 1. The maximum atomic E-state index is 13.0. The van der Waals surface area contributed by atoms with Gasteiger partial charge in [-0.3, -0.25) is 4.79 Å². The van der Waals surface area contributed by atoms with Crippen molar-refractivity contribution in [3.63, 3.8) is 0 Å². The van der Waals surface area contributed by atoms with Crippen LogP contribution in [0.3, 0.4) is 0 Å². The van der Waals surface area contributed by atoms with Crippen LogP contribution in [0.4, 0.5) is 18.9 Å². The molecule has 2 saturated heterocycles. The van der Waals surface area contributed by atoms with E-state index in [-0.39, 0.29) is 11.6 Å². The van der Waals surface area contributed by atoms with Gasteiger partial charge in [0.25, 0.3) is 0 Å². The van der Waals surface area contributed by atoms with Crippen LogP contribution < -0.4 is 10.1 Å². The van der Waals surface area contributed by atoms with Gasteiger partial charge in [0, 0.05) is 30.3 Å². The van der Waals surface area contributed by atoms with Gasteiger partial charge in [-0.05, 0) is 35.9 Å². The first-order valence-corrected chi connectivity index (χ1v) is 9.09. The molecule has 2 aliphatic heterocycles. The molecule has 5 atom stereocenters. The number of methoxy groups -OCH3 is 1. The number of hydrogen-bond acceptors (Lipinski definition) is 5. The van der Waals surface area contributed by atoms with Crippen molar-refractivity contribution in [1.82, 2.24) is 4.98 Å². The molecule has 1 amide bonds. The van der Waals surface area contributed by atoms with Gasteiger partial charge in [0.1, 0.15) is 0 Å². The van der Waals surface area contributed by atoms with Crippen molar-refractivity contribution in [2.24, 2.45) is 5.92 Å². The summed E-state index contributed by atoms with van der Waals surface area (Å²) in [6.45, 7) is 0. The minimum absolute atomic E-state index is 0.261. The summed E-state index contributed by atoms with van der Waals surface area (Å²) < 4.78 is 49.2. The second-order valence-electron chi connectivity index (χ2n) is 7.19. The van der Waals surface area contributed by atoms with Gasteiger partial charge in [-0.25, -0.2) is 4.98 Å². The third-order valence-corrected chi connectivity index (χ3v) is 5.46. The smallest absolute Gasteiger partial charge is 0.416 e. The summed E-state index contributed by atoms with van der Waals surface area (Å²) >= 11 is 0. The maximum Gasteiger partial charge on any atom is 0.416 e. The standard InChI is InChI=1S/C20H19F3N2O4/c1-28-15-8-10(6-7-24-15)16-17(14-9-13(26)18(16)29-14)19(27)25-12-4-2-11(3-5-12)20(21,22)23/h2-8,13-14,16-18,26H,9H2,1H3,(H,25,27). The monoisotopic (exact) mass is 408 g/mol. The largest absolute Gasteiger partial charge is 0.481 e. The maximum absolute atomic E-state index is 13.0. The number of fused-ring (bicyclic) bond motifs is 2. The molecule has 5 unspecified atom stereocenters. The number of halogens is 3. The Morgan fingerprint density at radius 1 is 1.28 bits per heavy atom. The number of benzene rings is 1. The molecule has 0 radical (unpaired) electrons. The van der Waals surface area contributed by atoms with Gasteiger partial charge in [-0.1, -0.05) is 0 Å². The third-order valence-electron chi connectivity index (χ3n) is 5.46. The van der Waals surface area contributed by atoms with E-state index < -0.39 is 41.9 Å². The number of pyridine rings is 1. The highest BCUT2D eigenvalue weighted by Gasteiger charge is 2.57. The lowest BCUT2D eigenvalue weighted by Gasteiger charge is -2.30. The minimum Gasteiger partial charge on any atom is -0.481 e. The second kappa shape index (κ2) is 7.31. The molecule has 1 aromatic heterocycles. The van der Waals surface area contributed by atoms with Gasteiger partial charge in [-0.15, -0.1) is 0 Å². The number of alkyl halides is 3. The van der Waals surface area contributed by atoms with Crippen LogP contribution in [0.2, 0.25) is 0 Å². The first kappa shape index (κ1) is 19.7.